The molecule has 2 aromatic carbocycles. The number of pyridine rings is 1. The Morgan fingerprint density at radius 3 is 2.55 bits per heavy atom. The number of rotatable bonds is 11. The largest absolute Gasteiger partial charge is 0.494 e. The van der Waals surface area contributed by atoms with Crippen LogP contribution in [0, 0.1) is 23.5 Å². The molecule has 10 nitrogen and oxygen atoms in total. The fraction of sp³-hybridized carbons (Fsp3) is 0.353. The highest BCUT2D eigenvalue weighted by molar-refractivity contribution is 6.30. The number of ether oxygens (including phenoxy) is 3. The number of aromatic nitrogens is 5. The molecule has 13 heteroatoms. The number of likely N-dealkylation sites (tertiary alicyclic amines) is 1. The Morgan fingerprint density at radius 2 is 1.83 bits per heavy atom. The van der Waals surface area contributed by atoms with Gasteiger partial charge in [0.15, 0.2) is 0 Å². The highest BCUT2D eigenvalue weighted by Gasteiger charge is 2.57. The van der Waals surface area contributed by atoms with Crippen molar-refractivity contribution in [1.82, 2.24) is 29.0 Å². The molecule has 4 heterocycles. The second kappa shape index (κ2) is 12.6. The van der Waals surface area contributed by atoms with Crippen molar-refractivity contribution < 1.29 is 27.8 Å². The van der Waals surface area contributed by atoms with E-state index in [4.69, 9.17) is 30.8 Å². The molecule has 244 valence electrons. The number of carbonyl (C=O) groups is 1. The Balaban J connectivity index is 1.10. The molecule has 2 fully saturated rings. The molecule has 1 aliphatic carbocycles. The summed E-state index contributed by atoms with van der Waals surface area (Å²) in [5.41, 5.74) is 3.51. The SMILES string of the molecule is CCn1cncc1Cn1c(CN2C[C@@H]3C(c4nc(OCc5ccc(Cl)cc5F)ccc4F)[C@@H]3C2)nc2c(OC)cc(C(=O)OC)cc21. The number of hydrogen-bond acceptors (Lipinski definition) is 8. The normalized spacial score (nSPS) is 18.8. The Morgan fingerprint density at radius 1 is 1.02 bits per heavy atom. The van der Waals surface area contributed by atoms with Crippen molar-refractivity contribution in [3.8, 4) is 11.6 Å². The third kappa shape index (κ3) is 5.91. The van der Waals surface area contributed by atoms with Crippen LogP contribution in [-0.2, 0) is 31.0 Å². The molecule has 5 aromatic rings. The molecule has 3 atom stereocenters. The number of benzene rings is 2. The van der Waals surface area contributed by atoms with Crippen LogP contribution in [0.4, 0.5) is 8.78 Å². The number of piperidine rings is 1. The molecule has 0 radical (unpaired) electrons. The molecule has 0 bridgehead atoms. The van der Waals surface area contributed by atoms with Gasteiger partial charge in [0.1, 0.15) is 35.3 Å². The Labute approximate surface area is 274 Å². The van der Waals surface area contributed by atoms with Crippen molar-refractivity contribution in [1.29, 1.82) is 0 Å². The van der Waals surface area contributed by atoms with Crippen molar-refractivity contribution in [2.24, 2.45) is 11.8 Å². The zero-order valence-corrected chi connectivity index (χ0v) is 26.9. The smallest absolute Gasteiger partial charge is 0.338 e. The van der Waals surface area contributed by atoms with Gasteiger partial charge < -0.3 is 23.3 Å². The molecule has 0 N–H and O–H groups in total. The highest BCUT2D eigenvalue weighted by atomic mass is 35.5. The standard InChI is InChI=1S/C34H33ClF2N6O4/c1-4-42-18-38-12-22(42)13-43-27-9-20(34(44)46-3)10-28(45-2)33(27)39-29(43)16-41-14-23-24(15-41)31(23)32-25(36)7-8-30(40-32)47-17-19-5-6-21(35)11-26(19)37/h5-12,18,23-24,31H,4,13-17H2,1-3H3/t23-,24+,31?. The second-order valence-corrected chi connectivity index (χ2v) is 12.3. The summed E-state index contributed by atoms with van der Waals surface area (Å²) in [6.45, 7) is 5.33. The van der Waals surface area contributed by atoms with Gasteiger partial charge in [0, 0.05) is 48.4 Å². The van der Waals surface area contributed by atoms with Gasteiger partial charge in [-0.15, -0.1) is 0 Å². The number of carbonyl (C=O) groups excluding carboxylic acids is 1. The lowest BCUT2D eigenvalue weighted by atomic mass is 10.1. The predicted molar refractivity (Wildman–Crippen MR) is 170 cm³/mol. The predicted octanol–water partition coefficient (Wildman–Crippen LogP) is 5.85. The lowest BCUT2D eigenvalue weighted by molar-refractivity contribution is 0.0600. The minimum Gasteiger partial charge on any atom is -0.494 e. The van der Waals surface area contributed by atoms with Gasteiger partial charge in [-0.2, -0.15) is 0 Å². The summed E-state index contributed by atoms with van der Waals surface area (Å²) < 4.78 is 49.8. The van der Waals surface area contributed by atoms with E-state index in [-0.39, 0.29) is 36.1 Å². The van der Waals surface area contributed by atoms with Crippen molar-refractivity contribution in [2.45, 2.75) is 39.1 Å². The van der Waals surface area contributed by atoms with Crippen LogP contribution in [0.5, 0.6) is 11.6 Å². The molecule has 47 heavy (non-hydrogen) atoms. The van der Waals surface area contributed by atoms with Gasteiger partial charge >= 0.3 is 5.97 Å². The van der Waals surface area contributed by atoms with Crippen LogP contribution in [0.25, 0.3) is 11.0 Å². The summed E-state index contributed by atoms with van der Waals surface area (Å²) in [5.74, 6) is 0.695. The summed E-state index contributed by atoms with van der Waals surface area (Å²) in [5, 5.41) is 0.302. The minimum atomic E-state index is -0.469. The maximum absolute atomic E-state index is 15.0. The maximum Gasteiger partial charge on any atom is 0.338 e. The number of esters is 1. The molecule has 1 aliphatic heterocycles. The average Bonchev–Trinajstić information content (AvgIpc) is 3.42. The van der Waals surface area contributed by atoms with Crippen LogP contribution in [0.1, 0.15) is 46.0 Å². The lowest BCUT2D eigenvalue weighted by Crippen LogP contribution is -2.26. The Bertz CT molecular complexity index is 1970. The fourth-order valence-electron chi connectivity index (χ4n) is 6.75. The first-order valence-electron chi connectivity index (χ1n) is 15.4. The van der Waals surface area contributed by atoms with Crippen molar-refractivity contribution in [3.63, 3.8) is 0 Å². The van der Waals surface area contributed by atoms with Crippen molar-refractivity contribution >= 4 is 28.6 Å². The van der Waals surface area contributed by atoms with Gasteiger partial charge in [0.05, 0.1) is 56.1 Å². The molecule has 2 aliphatic rings. The monoisotopic (exact) mass is 662 g/mol. The first-order chi connectivity index (χ1) is 22.8. The molecule has 3 aromatic heterocycles. The molecule has 1 saturated carbocycles. The van der Waals surface area contributed by atoms with Gasteiger partial charge in [-0.1, -0.05) is 17.7 Å². The Hall–Kier alpha value is -4.55. The molecular weight excluding hydrogens is 630 g/mol. The lowest BCUT2D eigenvalue weighted by Gasteiger charge is -2.20. The van der Waals surface area contributed by atoms with Crippen molar-refractivity contribution in [2.75, 3.05) is 27.3 Å². The number of aryl methyl sites for hydroxylation is 1. The van der Waals surface area contributed by atoms with E-state index < -0.39 is 11.8 Å². The number of methoxy groups -OCH3 is 2. The topological polar surface area (TPSA) is 96.5 Å². The van der Waals surface area contributed by atoms with Crippen LogP contribution in [-0.4, -0.2) is 62.3 Å². The highest BCUT2D eigenvalue weighted by Crippen LogP contribution is 2.58. The quantitative estimate of drug-likeness (QED) is 0.163. The van der Waals surface area contributed by atoms with E-state index in [0.717, 1.165) is 36.7 Å². The zero-order valence-electron chi connectivity index (χ0n) is 26.1. The second-order valence-electron chi connectivity index (χ2n) is 11.9. The molecule has 0 amide bonds. The van der Waals surface area contributed by atoms with Gasteiger partial charge in [-0.05, 0) is 49.1 Å². The average molecular weight is 663 g/mol. The van der Waals surface area contributed by atoms with Crippen LogP contribution in [0.2, 0.25) is 5.02 Å². The van der Waals surface area contributed by atoms with E-state index in [9.17, 15) is 9.18 Å². The third-order valence-corrected chi connectivity index (χ3v) is 9.42. The zero-order chi connectivity index (χ0) is 32.8. The van der Waals surface area contributed by atoms with Crippen LogP contribution in [0.15, 0.2) is 55.0 Å². The van der Waals surface area contributed by atoms with Gasteiger partial charge in [-0.3, -0.25) is 4.90 Å². The van der Waals surface area contributed by atoms with Crippen LogP contribution in [0.3, 0.4) is 0 Å². The summed E-state index contributed by atoms with van der Waals surface area (Å²) in [7, 11) is 2.90. The third-order valence-electron chi connectivity index (χ3n) is 9.19. The summed E-state index contributed by atoms with van der Waals surface area (Å²) in [4.78, 5) is 28.7. The van der Waals surface area contributed by atoms with Gasteiger partial charge in [0.25, 0.3) is 0 Å². The molecule has 7 rings (SSSR count). The minimum absolute atomic E-state index is 0.0255. The molecular formula is C34H33ClF2N6O4. The molecule has 1 saturated heterocycles. The van der Waals surface area contributed by atoms with E-state index in [0.29, 0.717) is 46.2 Å². The number of fused-ring (bicyclic) bond motifs is 2. The number of hydrogen-bond donors (Lipinski definition) is 0. The van der Waals surface area contributed by atoms with Crippen molar-refractivity contribution in [3.05, 3.63) is 100.0 Å². The van der Waals surface area contributed by atoms with Gasteiger partial charge in [0.2, 0.25) is 5.88 Å². The molecule has 0 spiro atoms. The Kier molecular flexibility index (Phi) is 8.31. The van der Waals surface area contributed by atoms with E-state index >= 15 is 4.39 Å². The maximum atomic E-state index is 15.0. The van der Waals surface area contributed by atoms with Crippen LogP contribution < -0.4 is 9.47 Å². The fourth-order valence-corrected chi connectivity index (χ4v) is 6.91. The van der Waals surface area contributed by atoms with E-state index in [2.05, 4.69) is 30.9 Å². The van der Waals surface area contributed by atoms with Crippen LogP contribution >= 0.6 is 11.6 Å². The molecule has 1 unspecified atom stereocenters. The number of imidazole rings is 2. The first-order valence-corrected chi connectivity index (χ1v) is 15.8. The summed E-state index contributed by atoms with van der Waals surface area (Å²) in [6, 6.07) is 10.6. The van der Waals surface area contributed by atoms with E-state index in [1.54, 1.807) is 37.7 Å². The van der Waals surface area contributed by atoms with Gasteiger partial charge in [-0.25, -0.2) is 28.5 Å². The first kappa shape index (κ1) is 31.1. The van der Waals surface area contributed by atoms with E-state index in [1.807, 2.05) is 6.20 Å². The van der Waals surface area contributed by atoms with E-state index in [1.165, 1.54) is 25.3 Å². The summed E-state index contributed by atoms with van der Waals surface area (Å²) >= 11 is 5.85. The number of nitrogens with zero attached hydrogens (tertiary/aromatic N) is 6. The summed E-state index contributed by atoms with van der Waals surface area (Å²) in [6.07, 6.45) is 3.63. The number of halogens is 3.